The van der Waals surface area contributed by atoms with E-state index in [0.29, 0.717) is 42.1 Å². The molecule has 3 aromatic rings. The van der Waals surface area contributed by atoms with Gasteiger partial charge in [0.2, 0.25) is 5.91 Å². The van der Waals surface area contributed by atoms with Crippen LogP contribution in [-0.2, 0) is 16.0 Å². The fraction of sp³-hybridized carbons (Fsp3) is 0.405. The fourth-order valence-corrected chi connectivity index (χ4v) is 6.65. The normalized spacial score (nSPS) is 21.8. The van der Waals surface area contributed by atoms with Crippen molar-refractivity contribution in [3.05, 3.63) is 101 Å². The molecule has 3 heterocycles. The molecule has 7 nitrogen and oxygen atoms in total. The van der Waals surface area contributed by atoms with Crippen molar-refractivity contribution in [1.29, 1.82) is 0 Å². The summed E-state index contributed by atoms with van der Waals surface area (Å²) in [7, 11) is 1.23. The number of benzene rings is 3. The molecule has 2 amide bonds. The van der Waals surface area contributed by atoms with E-state index in [9.17, 15) is 14.0 Å². The zero-order valence-corrected chi connectivity index (χ0v) is 26.0. The average molecular weight is 627 g/mol. The van der Waals surface area contributed by atoms with Crippen molar-refractivity contribution in [2.75, 3.05) is 32.1 Å². The number of nitrogens with one attached hydrogen (secondary N) is 3. The van der Waals surface area contributed by atoms with Crippen LogP contribution in [0.2, 0.25) is 0 Å². The molecule has 3 unspecified atom stereocenters. The Balaban J connectivity index is 1.28. The number of alkyl carbamates (subject to hydrolysis) is 1. The van der Waals surface area contributed by atoms with Crippen molar-refractivity contribution in [3.63, 3.8) is 0 Å². The third-order valence-electron chi connectivity index (χ3n) is 9.37. The Bertz CT molecular complexity index is 1600. The highest BCUT2D eigenvalue weighted by Gasteiger charge is 2.34. The van der Waals surface area contributed by atoms with E-state index in [1.54, 1.807) is 24.3 Å². The Morgan fingerprint density at radius 1 is 1.02 bits per heavy atom. The number of rotatable bonds is 10. The molecule has 1 aliphatic carbocycles. The molecule has 0 aromatic heterocycles. The van der Waals surface area contributed by atoms with E-state index in [1.165, 1.54) is 30.9 Å². The number of hydrogen-bond acceptors (Lipinski definition) is 5. The van der Waals surface area contributed by atoms with Crippen LogP contribution in [0, 0.1) is 23.5 Å². The minimum Gasteiger partial charge on any atom is -0.453 e. The first kappa shape index (κ1) is 31.7. The lowest BCUT2D eigenvalue weighted by Crippen LogP contribution is -2.49. The van der Waals surface area contributed by atoms with E-state index in [-0.39, 0.29) is 12.1 Å². The van der Waals surface area contributed by atoms with Crippen LogP contribution in [0.4, 0.5) is 19.3 Å². The van der Waals surface area contributed by atoms with Crippen molar-refractivity contribution in [2.45, 2.75) is 68.5 Å². The summed E-state index contributed by atoms with van der Waals surface area (Å²) in [6.45, 7) is 2.40. The molecule has 5 atom stereocenters. The third kappa shape index (κ3) is 7.57. The Morgan fingerprint density at radius 2 is 1.76 bits per heavy atom. The minimum atomic E-state index is -1.15. The summed E-state index contributed by atoms with van der Waals surface area (Å²) in [4.78, 5) is 29.2. The van der Waals surface area contributed by atoms with Crippen LogP contribution in [0.5, 0.6) is 0 Å². The highest BCUT2D eigenvalue weighted by atomic mass is 19.1. The van der Waals surface area contributed by atoms with Crippen LogP contribution in [-0.4, -0.2) is 61.8 Å². The Labute approximate surface area is 269 Å². The van der Waals surface area contributed by atoms with Crippen LogP contribution in [0.15, 0.2) is 66.7 Å². The lowest BCUT2D eigenvalue weighted by atomic mass is 9.84. The molecule has 3 N–H and O–H groups in total. The molecule has 1 saturated heterocycles. The second-order valence-corrected chi connectivity index (χ2v) is 12.4. The zero-order chi connectivity index (χ0) is 32.0. The number of hydrogen-bond donors (Lipinski definition) is 3. The first-order chi connectivity index (χ1) is 22.4. The second-order valence-electron chi connectivity index (χ2n) is 12.4. The molecule has 240 valence electrons. The summed E-state index contributed by atoms with van der Waals surface area (Å²) in [5, 5.41) is 9.19. The van der Waals surface area contributed by atoms with Gasteiger partial charge >= 0.3 is 6.09 Å². The zero-order valence-electron chi connectivity index (χ0n) is 26.0. The van der Waals surface area contributed by atoms with Crippen LogP contribution < -0.4 is 16.0 Å². The van der Waals surface area contributed by atoms with Gasteiger partial charge in [-0.2, -0.15) is 0 Å². The van der Waals surface area contributed by atoms with E-state index in [2.05, 4.69) is 32.7 Å². The molecule has 4 aliphatic rings. The number of amides is 2. The van der Waals surface area contributed by atoms with Gasteiger partial charge in [-0.05, 0) is 91.9 Å². The summed E-state index contributed by atoms with van der Waals surface area (Å²) in [6.07, 6.45) is 4.66. The van der Waals surface area contributed by atoms with Crippen molar-refractivity contribution in [2.24, 2.45) is 0 Å². The van der Waals surface area contributed by atoms with E-state index in [4.69, 9.17) is 4.74 Å². The maximum Gasteiger partial charge on any atom is 0.407 e. The van der Waals surface area contributed by atoms with Gasteiger partial charge in [0.1, 0.15) is 17.7 Å². The summed E-state index contributed by atoms with van der Waals surface area (Å²) < 4.78 is 34.3. The number of halogens is 2. The predicted octanol–water partition coefficient (Wildman–Crippen LogP) is 5.71. The molecule has 1 saturated carbocycles. The van der Waals surface area contributed by atoms with Gasteiger partial charge < -0.3 is 20.7 Å². The Morgan fingerprint density at radius 3 is 2.48 bits per heavy atom. The largest absolute Gasteiger partial charge is 0.453 e. The van der Waals surface area contributed by atoms with Gasteiger partial charge in [0.05, 0.1) is 19.7 Å². The van der Waals surface area contributed by atoms with Crippen LogP contribution in [0.3, 0.4) is 0 Å². The first-order valence-corrected chi connectivity index (χ1v) is 16.1. The number of nitrogens with zero attached hydrogens (tertiary/aromatic N) is 1. The smallest absolute Gasteiger partial charge is 0.407 e. The molecule has 0 spiro atoms. The first-order valence-electron chi connectivity index (χ1n) is 16.1. The third-order valence-corrected chi connectivity index (χ3v) is 9.37. The monoisotopic (exact) mass is 626 g/mol. The van der Waals surface area contributed by atoms with Gasteiger partial charge in [-0.25, -0.2) is 13.6 Å². The van der Waals surface area contributed by atoms with Crippen molar-refractivity contribution in [1.82, 2.24) is 15.5 Å². The number of fused-ring (bicyclic) bond motifs is 5. The van der Waals surface area contributed by atoms with Crippen molar-refractivity contribution < 1.29 is 23.1 Å². The van der Waals surface area contributed by atoms with E-state index < -0.39 is 35.6 Å². The quantitative estimate of drug-likeness (QED) is 0.251. The van der Waals surface area contributed by atoms with Gasteiger partial charge in [-0.15, -0.1) is 0 Å². The van der Waals surface area contributed by atoms with Crippen molar-refractivity contribution in [3.8, 4) is 11.8 Å². The lowest BCUT2D eigenvalue weighted by Gasteiger charge is -2.35. The number of carbonyl (C=O) groups excluding carboxylic acids is 2. The van der Waals surface area contributed by atoms with Gasteiger partial charge in [-0.1, -0.05) is 54.3 Å². The summed E-state index contributed by atoms with van der Waals surface area (Å²) in [6, 6.07) is 17.7. The number of carbonyl (C=O) groups is 2. The minimum absolute atomic E-state index is 0.177. The molecule has 2 bridgehead atoms. The fourth-order valence-electron chi connectivity index (χ4n) is 6.65. The summed E-state index contributed by atoms with van der Waals surface area (Å²) >= 11 is 0. The van der Waals surface area contributed by atoms with Gasteiger partial charge in [0.15, 0.2) is 0 Å². The SMILES string of the molecule is COC(=O)N[C@H](C(=O)Nc1cccc(F)c1CCC1CNC2C#CCN1CCC2)[C@@H](c1ccc(F)cc1)c1ccc(C2CC2)cc1. The molecule has 7 rings (SSSR count). The summed E-state index contributed by atoms with van der Waals surface area (Å²) in [5.41, 5.74) is 3.38. The number of methoxy groups -OCH3 is 1. The number of ether oxygens (including phenoxy) is 1. The molecule has 9 heteroatoms. The highest BCUT2D eigenvalue weighted by Crippen LogP contribution is 2.41. The average Bonchev–Trinajstić information content (AvgIpc) is 3.88. The van der Waals surface area contributed by atoms with Crippen LogP contribution in [0.1, 0.15) is 66.2 Å². The maximum atomic E-state index is 15.4. The lowest BCUT2D eigenvalue weighted by molar-refractivity contribution is -0.118. The predicted molar refractivity (Wildman–Crippen MR) is 174 cm³/mol. The summed E-state index contributed by atoms with van der Waals surface area (Å²) in [5.74, 6) is 5.06. The molecule has 0 radical (unpaired) electrons. The maximum absolute atomic E-state index is 15.4. The topological polar surface area (TPSA) is 82.7 Å². The molecule has 3 aromatic carbocycles. The molecular weight excluding hydrogens is 586 g/mol. The Kier molecular flexibility index (Phi) is 9.96. The number of anilines is 1. The van der Waals surface area contributed by atoms with Gasteiger partial charge in [-0.3, -0.25) is 9.69 Å². The van der Waals surface area contributed by atoms with Crippen molar-refractivity contribution >= 4 is 17.7 Å². The van der Waals surface area contributed by atoms with Gasteiger partial charge in [0, 0.05) is 29.8 Å². The molecule has 2 fully saturated rings. The molecular formula is C37H40F2N4O3. The molecule has 46 heavy (non-hydrogen) atoms. The standard InChI is InChI=1S/C37H40F2N4O3/c1-46-37(45)42-35(34(27-15-17-28(38)18-16-27)26-13-11-25(12-14-26)24-9-10-24)36(44)41-33-8-2-7-32(39)31(33)20-19-30-23-40-29-5-3-21-43(30)22-4-6-29/h2,7-8,11-18,24,29-30,34-35,40H,3,5,9-10,19-23H2,1H3,(H,41,44)(H,42,45)/t29?,30?,34-,35+/m1/s1. The van der Waals surface area contributed by atoms with E-state index in [0.717, 1.165) is 44.3 Å². The highest BCUT2D eigenvalue weighted by molar-refractivity contribution is 5.98. The van der Waals surface area contributed by atoms with Crippen LogP contribution in [0.25, 0.3) is 0 Å². The van der Waals surface area contributed by atoms with Crippen LogP contribution >= 0.6 is 0 Å². The second kappa shape index (κ2) is 14.4. The van der Waals surface area contributed by atoms with E-state index in [1.807, 2.05) is 24.3 Å². The Hall–Kier alpha value is -4.26. The van der Waals surface area contributed by atoms with E-state index >= 15 is 4.39 Å². The molecule has 3 aliphatic heterocycles. The van der Waals surface area contributed by atoms with Gasteiger partial charge in [0.25, 0.3) is 0 Å².